The molecule has 0 aliphatic carbocycles. The van der Waals surface area contributed by atoms with Crippen molar-refractivity contribution in [3.63, 3.8) is 0 Å². The maximum Gasteiger partial charge on any atom is 0.253 e. The summed E-state index contributed by atoms with van der Waals surface area (Å²) in [6.45, 7) is 0.832. The van der Waals surface area contributed by atoms with Crippen molar-refractivity contribution in [1.29, 1.82) is 0 Å². The molecular formula is C20H20FNO4S. The second-order valence-electron chi connectivity index (χ2n) is 6.74. The Morgan fingerprint density at radius 2 is 1.63 bits per heavy atom. The molecule has 0 unspecified atom stereocenters. The van der Waals surface area contributed by atoms with E-state index in [9.17, 15) is 22.4 Å². The Morgan fingerprint density at radius 1 is 1.00 bits per heavy atom. The molecule has 1 saturated heterocycles. The molecule has 7 heteroatoms. The quantitative estimate of drug-likeness (QED) is 0.754. The van der Waals surface area contributed by atoms with E-state index in [1.54, 1.807) is 17.0 Å². The van der Waals surface area contributed by atoms with Crippen molar-refractivity contribution in [1.82, 2.24) is 4.90 Å². The highest BCUT2D eigenvalue weighted by atomic mass is 32.2. The SMILES string of the molecule is CS(=O)(=O)c1cccc(C(=O)N2CCC(C(=O)c3ccc(F)cc3)CC2)c1. The van der Waals surface area contributed by atoms with E-state index in [0.717, 1.165) is 6.26 Å². The standard InChI is InChI=1S/C20H20FNO4S/c1-27(25,26)18-4-2-3-16(13-18)20(24)22-11-9-15(10-12-22)19(23)14-5-7-17(21)8-6-14/h2-8,13,15H,9-12H2,1H3. The second kappa shape index (κ2) is 7.60. The number of carbonyl (C=O) groups is 2. The second-order valence-corrected chi connectivity index (χ2v) is 8.75. The maximum atomic E-state index is 13.0. The van der Waals surface area contributed by atoms with Gasteiger partial charge >= 0.3 is 0 Å². The van der Waals surface area contributed by atoms with E-state index < -0.39 is 9.84 Å². The summed E-state index contributed by atoms with van der Waals surface area (Å²) in [5.41, 5.74) is 0.795. The largest absolute Gasteiger partial charge is 0.339 e. The molecule has 0 radical (unpaired) electrons. The van der Waals surface area contributed by atoms with Crippen molar-refractivity contribution in [2.75, 3.05) is 19.3 Å². The first kappa shape index (κ1) is 19.2. The zero-order chi connectivity index (χ0) is 19.6. The number of sulfone groups is 1. The normalized spacial score (nSPS) is 15.6. The van der Waals surface area contributed by atoms with Gasteiger partial charge in [0.2, 0.25) is 0 Å². The van der Waals surface area contributed by atoms with E-state index in [2.05, 4.69) is 0 Å². The highest BCUT2D eigenvalue weighted by molar-refractivity contribution is 7.90. The fourth-order valence-electron chi connectivity index (χ4n) is 3.24. The molecule has 27 heavy (non-hydrogen) atoms. The van der Waals surface area contributed by atoms with Gasteiger partial charge in [-0.25, -0.2) is 12.8 Å². The van der Waals surface area contributed by atoms with Gasteiger partial charge in [0.05, 0.1) is 4.90 Å². The molecule has 0 N–H and O–H groups in total. The Bertz CT molecular complexity index is 962. The molecule has 0 atom stereocenters. The molecular weight excluding hydrogens is 369 g/mol. The Morgan fingerprint density at radius 3 is 2.22 bits per heavy atom. The van der Waals surface area contributed by atoms with Gasteiger partial charge in [-0.05, 0) is 55.3 Å². The van der Waals surface area contributed by atoms with Crippen LogP contribution >= 0.6 is 0 Å². The Balaban J connectivity index is 1.66. The molecule has 1 fully saturated rings. The van der Waals surface area contributed by atoms with Crippen molar-refractivity contribution in [2.45, 2.75) is 17.7 Å². The summed E-state index contributed by atoms with van der Waals surface area (Å²) in [6, 6.07) is 11.5. The number of nitrogens with zero attached hydrogens (tertiary/aromatic N) is 1. The molecule has 2 aromatic carbocycles. The zero-order valence-electron chi connectivity index (χ0n) is 14.9. The minimum atomic E-state index is -3.39. The lowest BCUT2D eigenvalue weighted by Crippen LogP contribution is -2.40. The fourth-order valence-corrected chi connectivity index (χ4v) is 3.90. The summed E-state index contributed by atoms with van der Waals surface area (Å²) in [5, 5.41) is 0. The van der Waals surface area contributed by atoms with Crippen molar-refractivity contribution >= 4 is 21.5 Å². The fraction of sp³-hybridized carbons (Fsp3) is 0.300. The van der Waals surface area contributed by atoms with Gasteiger partial charge in [0.1, 0.15) is 5.82 Å². The Hall–Kier alpha value is -2.54. The number of ketones is 1. The van der Waals surface area contributed by atoms with E-state index in [0.29, 0.717) is 37.1 Å². The van der Waals surface area contributed by atoms with Crippen LogP contribution in [0.1, 0.15) is 33.6 Å². The van der Waals surface area contributed by atoms with E-state index in [1.807, 2.05) is 0 Å². The van der Waals surface area contributed by atoms with Gasteiger partial charge in [0.25, 0.3) is 5.91 Å². The highest BCUT2D eigenvalue weighted by Crippen LogP contribution is 2.24. The van der Waals surface area contributed by atoms with Gasteiger partial charge in [0.15, 0.2) is 15.6 Å². The molecule has 5 nitrogen and oxygen atoms in total. The number of carbonyl (C=O) groups excluding carboxylic acids is 2. The maximum absolute atomic E-state index is 13.0. The molecule has 0 spiro atoms. The lowest BCUT2D eigenvalue weighted by molar-refractivity contribution is 0.0650. The van der Waals surface area contributed by atoms with Crippen LogP contribution in [0.5, 0.6) is 0 Å². The summed E-state index contributed by atoms with van der Waals surface area (Å²) in [5.74, 6) is -0.875. The van der Waals surface area contributed by atoms with Crippen LogP contribution < -0.4 is 0 Å². The summed E-state index contributed by atoms with van der Waals surface area (Å²) >= 11 is 0. The summed E-state index contributed by atoms with van der Waals surface area (Å²) in [4.78, 5) is 26.9. The van der Waals surface area contributed by atoms with E-state index in [4.69, 9.17) is 0 Å². The summed E-state index contributed by atoms with van der Waals surface area (Å²) < 4.78 is 36.3. The molecule has 1 amide bonds. The van der Waals surface area contributed by atoms with Crippen LogP contribution in [0.2, 0.25) is 0 Å². The minimum Gasteiger partial charge on any atom is -0.339 e. The molecule has 1 heterocycles. The number of amides is 1. The third-order valence-corrected chi connectivity index (χ3v) is 5.90. The topological polar surface area (TPSA) is 71.5 Å². The molecule has 142 valence electrons. The van der Waals surface area contributed by atoms with Crippen molar-refractivity contribution in [3.8, 4) is 0 Å². The van der Waals surface area contributed by atoms with E-state index >= 15 is 0 Å². The van der Waals surface area contributed by atoms with E-state index in [-0.39, 0.29) is 28.3 Å². The number of benzene rings is 2. The van der Waals surface area contributed by atoms with Crippen LogP contribution in [0.15, 0.2) is 53.4 Å². The predicted octanol–water partition coefficient (Wildman–Crippen LogP) is 2.96. The van der Waals surface area contributed by atoms with Crippen LogP contribution in [0, 0.1) is 11.7 Å². The minimum absolute atomic E-state index is 0.0406. The van der Waals surface area contributed by atoms with E-state index in [1.165, 1.54) is 36.4 Å². The number of halogens is 1. The molecule has 0 saturated carbocycles. The number of hydrogen-bond donors (Lipinski definition) is 0. The number of hydrogen-bond acceptors (Lipinski definition) is 4. The van der Waals surface area contributed by atoms with Crippen LogP contribution in [0.4, 0.5) is 4.39 Å². The third kappa shape index (κ3) is 4.42. The number of piperidine rings is 1. The highest BCUT2D eigenvalue weighted by Gasteiger charge is 2.28. The van der Waals surface area contributed by atoms with Crippen molar-refractivity contribution in [3.05, 3.63) is 65.5 Å². The lowest BCUT2D eigenvalue weighted by atomic mass is 9.88. The van der Waals surface area contributed by atoms with Crippen molar-refractivity contribution < 1.29 is 22.4 Å². The van der Waals surface area contributed by atoms with Crippen LogP contribution in [-0.2, 0) is 9.84 Å². The van der Waals surface area contributed by atoms with Crippen LogP contribution in [0.3, 0.4) is 0 Å². The van der Waals surface area contributed by atoms with Gasteiger partial charge in [-0.2, -0.15) is 0 Å². The summed E-state index contributed by atoms with van der Waals surface area (Å²) in [6.07, 6.45) is 2.14. The molecule has 0 aromatic heterocycles. The first-order valence-corrected chi connectivity index (χ1v) is 10.5. The molecule has 3 rings (SSSR count). The van der Waals surface area contributed by atoms with Gasteiger partial charge in [-0.3, -0.25) is 9.59 Å². The van der Waals surface area contributed by atoms with Gasteiger partial charge in [0, 0.05) is 36.4 Å². The number of likely N-dealkylation sites (tertiary alicyclic amines) is 1. The number of rotatable bonds is 4. The lowest BCUT2D eigenvalue weighted by Gasteiger charge is -2.31. The molecule has 2 aromatic rings. The average molecular weight is 389 g/mol. The van der Waals surface area contributed by atoms with Crippen molar-refractivity contribution in [2.24, 2.45) is 5.92 Å². The Kier molecular flexibility index (Phi) is 5.41. The van der Waals surface area contributed by atoms with Crippen LogP contribution in [0.25, 0.3) is 0 Å². The predicted molar refractivity (Wildman–Crippen MR) is 98.9 cm³/mol. The van der Waals surface area contributed by atoms with Crippen LogP contribution in [-0.4, -0.2) is 44.4 Å². The molecule has 1 aliphatic rings. The summed E-state index contributed by atoms with van der Waals surface area (Å²) in [7, 11) is -3.39. The van der Waals surface area contributed by atoms with Gasteiger partial charge < -0.3 is 4.90 Å². The number of Topliss-reactive ketones (excluding diaryl/α,β-unsaturated/α-hetero) is 1. The molecule has 1 aliphatic heterocycles. The Labute approximate surface area is 157 Å². The zero-order valence-corrected chi connectivity index (χ0v) is 15.7. The average Bonchev–Trinajstić information content (AvgIpc) is 2.67. The monoisotopic (exact) mass is 389 g/mol. The third-order valence-electron chi connectivity index (χ3n) is 4.79. The van der Waals surface area contributed by atoms with Gasteiger partial charge in [-0.15, -0.1) is 0 Å². The molecule has 0 bridgehead atoms. The van der Waals surface area contributed by atoms with Gasteiger partial charge in [-0.1, -0.05) is 6.07 Å². The first-order valence-electron chi connectivity index (χ1n) is 8.65. The smallest absolute Gasteiger partial charge is 0.253 e. The first-order chi connectivity index (χ1) is 12.8.